The Bertz CT molecular complexity index is 1320. The number of pyridine rings is 2. The Kier molecular flexibility index (Phi) is 5.47. The first-order valence-corrected chi connectivity index (χ1v) is 10.5. The molecule has 0 saturated heterocycles. The molecule has 32 heavy (non-hydrogen) atoms. The van der Waals surface area contributed by atoms with Crippen LogP contribution in [0.25, 0.3) is 11.3 Å². The van der Waals surface area contributed by atoms with Crippen molar-refractivity contribution >= 4 is 28.8 Å². The maximum Gasteiger partial charge on any atom is 0.261 e. The fourth-order valence-electron chi connectivity index (χ4n) is 3.62. The van der Waals surface area contributed by atoms with Crippen LogP contribution in [0, 0.1) is 0 Å². The van der Waals surface area contributed by atoms with Crippen LogP contribution < -0.4 is 4.74 Å². The number of carbonyl (C=O) groups is 1. The van der Waals surface area contributed by atoms with Crippen LogP contribution in [0.2, 0.25) is 5.02 Å². The van der Waals surface area contributed by atoms with Crippen molar-refractivity contribution in [2.45, 2.75) is 13.1 Å². The van der Waals surface area contributed by atoms with Gasteiger partial charge < -0.3 is 18.4 Å². The zero-order valence-electron chi connectivity index (χ0n) is 17.1. The van der Waals surface area contributed by atoms with E-state index in [9.17, 15) is 4.79 Å². The lowest BCUT2D eigenvalue weighted by Crippen LogP contribution is -2.34. The van der Waals surface area contributed by atoms with E-state index < -0.39 is 0 Å². The number of fused-ring (bicyclic) bond motifs is 2. The highest BCUT2D eigenvalue weighted by Crippen LogP contribution is 2.23. The van der Waals surface area contributed by atoms with Gasteiger partial charge in [0.2, 0.25) is 0 Å². The molecule has 0 N–H and O–H groups in total. The molecule has 7 nitrogen and oxygen atoms in total. The fraction of sp³-hybridized carbons (Fsp3) is 0.125. The van der Waals surface area contributed by atoms with Gasteiger partial charge in [0.1, 0.15) is 17.0 Å². The molecule has 5 rings (SSSR count). The summed E-state index contributed by atoms with van der Waals surface area (Å²) in [6.45, 7) is 0.614. The molecule has 0 radical (unpaired) electrons. The van der Waals surface area contributed by atoms with Crippen LogP contribution in [0.15, 0.2) is 85.5 Å². The van der Waals surface area contributed by atoms with Gasteiger partial charge in [0.05, 0.1) is 41.9 Å². The van der Waals surface area contributed by atoms with Crippen LogP contribution in [0.1, 0.15) is 11.4 Å². The Morgan fingerprint density at radius 1 is 0.844 bits per heavy atom. The zero-order chi connectivity index (χ0) is 21.9. The van der Waals surface area contributed by atoms with E-state index in [-0.39, 0.29) is 12.5 Å². The van der Waals surface area contributed by atoms with E-state index in [4.69, 9.17) is 16.3 Å². The molecule has 0 aliphatic rings. The Hall–Kier alpha value is -3.84. The predicted octanol–water partition coefficient (Wildman–Crippen LogP) is 4.24. The third-order valence-electron chi connectivity index (χ3n) is 5.23. The normalized spacial score (nSPS) is 11.2. The molecule has 0 saturated carbocycles. The molecule has 5 aromatic rings. The maximum absolute atomic E-state index is 13.3. The second-order valence-corrected chi connectivity index (χ2v) is 7.73. The highest BCUT2D eigenvalue weighted by Gasteiger charge is 2.19. The second kappa shape index (κ2) is 8.72. The van der Waals surface area contributed by atoms with Gasteiger partial charge in [-0.15, -0.1) is 0 Å². The molecule has 8 heteroatoms. The van der Waals surface area contributed by atoms with Crippen molar-refractivity contribution in [3.8, 4) is 5.75 Å². The summed E-state index contributed by atoms with van der Waals surface area (Å²) in [5, 5.41) is 0.468. The number of aromatic nitrogens is 4. The number of hydrogen-bond acceptors (Lipinski definition) is 4. The van der Waals surface area contributed by atoms with Gasteiger partial charge in [-0.3, -0.25) is 4.79 Å². The summed E-state index contributed by atoms with van der Waals surface area (Å²) in [5.74, 6) is 0.314. The van der Waals surface area contributed by atoms with Gasteiger partial charge in [-0.25, -0.2) is 9.97 Å². The lowest BCUT2D eigenvalue weighted by Gasteiger charge is -2.22. The Morgan fingerprint density at radius 2 is 1.41 bits per heavy atom. The van der Waals surface area contributed by atoms with Gasteiger partial charge in [-0.1, -0.05) is 35.9 Å². The van der Waals surface area contributed by atoms with E-state index >= 15 is 0 Å². The van der Waals surface area contributed by atoms with E-state index in [1.165, 1.54) is 0 Å². The van der Waals surface area contributed by atoms with Crippen molar-refractivity contribution in [1.82, 2.24) is 23.7 Å². The fourth-order valence-corrected chi connectivity index (χ4v) is 3.81. The molecule has 4 heterocycles. The first-order chi connectivity index (χ1) is 15.7. The molecule has 0 unspecified atom stereocenters. The molecule has 1 amide bonds. The summed E-state index contributed by atoms with van der Waals surface area (Å²) < 4.78 is 9.68. The third-order valence-corrected chi connectivity index (χ3v) is 5.55. The second-order valence-electron chi connectivity index (χ2n) is 7.33. The molecule has 1 aromatic carbocycles. The van der Waals surface area contributed by atoms with Gasteiger partial charge in [-0.2, -0.15) is 0 Å². The molecule has 0 aliphatic heterocycles. The largest absolute Gasteiger partial charge is 0.482 e. The molecule has 160 valence electrons. The molecule has 0 spiro atoms. The van der Waals surface area contributed by atoms with E-state index in [0.717, 1.165) is 22.7 Å². The van der Waals surface area contributed by atoms with Gasteiger partial charge in [-0.05, 0) is 36.4 Å². The molecule has 0 fully saturated rings. The molecular weight excluding hydrogens is 426 g/mol. The maximum atomic E-state index is 13.3. The molecule has 4 aromatic heterocycles. The Balaban J connectivity index is 1.42. The zero-order valence-corrected chi connectivity index (χ0v) is 17.9. The predicted molar refractivity (Wildman–Crippen MR) is 122 cm³/mol. The summed E-state index contributed by atoms with van der Waals surface area (Å²) >= 11 is 6.18. The van der Waals surface area contributed by atoms with Crippen LogP contribution >= 0.6 is 11.6 Å². The number of hydrogen-bond donors (Lipinski definition) is 0. The van der Waals surface area contributed by atoms with Crippen molar-refractivity contribution in [2.75, 3.05) is 6.61 Å². The minimum Gasteiger partial charge on any atom is -0.482 e. The van der Waals surface area contributed by atoms with Crippen molar-refractivity contribution in [1.29, 1.82) is 0 Å². The number of imidazole rings is 2. The summed E-state index contributed by atoms with van der Waals surface area (Å²) in [6.07, 6.45) is 7.46. The summed E-state index contributed by atoms with van der Waals surface area (Å²) in [4.78, 5) is 23.9. The average Bonchev–Trinajstić information content (AvgIpc) is 3.42. The number of benzene rings is 1. The standard InChI is InChI=1S/C24H20ClN5O2/c25-20-7-1-2-8-21(20)32-17-24(31)28(15-18-13-26-22-9-3-5-11-29(18)22)16-19-14-27-23-10-4-6-12-30(19)23/h1-14H,15-17H2. The smallest absolute Gasteiger partial charge is 0.261 e. The number of halogens is 1. The van der Waals surface area contributed by atoms with Crippen LogP contribution in [0.4, 0.5) is 0 Å². The lowest BCUT2D eigenvalue weighted by molar-refractivity contribution is -0.134. The first-order valence-electron chi connectivity index (χ1n) is 10.2. The molecule has 0 atom stereocenters. The lowest BCUT2D eigenvalue weighted by atomic mass is 10.3. The van der Waals surface area contributed by atoms with Crippen molar-refractivity contribution in [2.24, 2.45) is 0 Å². The van der Waals surface area contributed by atoms with Gasteiger partial charge in [0.25, 0.3) is 5.91 Å². The quantitative estimate of drug-likeness (QED) is 0.376. The van der Waals surface area contributed by atoms with Crippen LogP contribution in [0.3, 0.4) is 0 Å². The molecule has 0 bridgehead atoms. The van der Waals surface area contributed by atoms with Crippen LogP contribution in [-0.2, 0) is 17.9 Å². The highest BCUT2D eigenvalue weighted by molar-refractivity contribution is 6.32. The summed E-state index contributed by atoms with van der Waals surface area (Å²) in [7, 11) is 0. The van der Waals surface area contributed by atoms with Gasteiger partial charge in [0.15, 0.2) is 6.61 Å². The Labute approximate surface area is 189 Å². The van der Waals surface area contributed by atoms with Crippen LogP contribution in [0.5, 0.6) is 5.75 Å². The van der Waals surface area contributed by atoms with Crippen molar-refractivity contribution in [3.63, 3.8) is 0 Å². The van der Waals surface area contributed by atoms with E-state index in [1.807, 2.05) is 69.7 Å². The third kappa shape index (κ3) is 4.02. The number of carbonyl (C=O) groups excluding carboxylic acids is 1. The number of rotatable bonds is 7. The Morgan fingerprint density at radius 3 is 2.00 bits per heavy atom. The summed E-state index contributed by atoms with van der Waals surface area (Å²) in [6, 6.07) is 18.7. The average molecular weight is 446 g/mol. The summed E-state index contributed by atoms with van der Waals surface area (Å²) in [5.41, 5.74) is 3.47. The highest BCUT2D eigenvalue weighted by atomic mass is 35.5. The van der Waals surface area contributed by atoms with E-state index in [0.29, 0.717) is 23.9 Å². The minimum atomic E-state index is -0.165. The van der Waals surface area contributed by atoms with Gasteiger partial charge >= 0.3 is 0 Å². The van der Waals surface area contributed by atoms with E-state index in [1.54, 1.807) is 29.4 Å². The first kappa shape index (κ1) is 20.1. The minimum absolute atomic E-state index is 0.128. The van der Waals surface area contributed by atoms with Crippen molar-refractivity contribution < 1.29 is 9.53 Å². The number of amides is 1. The monoisotopic (exact) mass is 445 g/mol. The number of ether oxygens (including phenoxy) is 1. The molecule has 0 aliphatic carbocycles. The number of para-hydroxylation sites is 1. The van der Waals surface area contributed by atoms with E-state index in [2.05, 4.69) is 9.97 Å². The van der Waals surface area contributed by atoms with Crippen molar-refractivity contribution in [3.05, 3.63) is 102 Å². The number of nitrogens with zero attached hydrogens (tertiary/aromatic N) is 5. The van der Waals surface area contributed by atoms with Crippen LogP contribution in [-0.4, -0.2) is 36.2 Å². The topological polar surface area (TPSA) is 64.1 Å². The van der Waals surface area contributed by atoms with Gasteiger partial charge in [0, 0.05) is 12.4 Å². The SMILES string of the molecule is O=C(COc1ccccc1Cl)N(Cc1cnc2ccccn12)Cc1cnc2ccccn12. The molecular formula is C24H20ClN5O2.